The van der Waals surface area contributed by atoms with Crippen LogP contribution in [0.15, 0.2) is 30.3 Å². The predicted octanol–water partition coefficient (Wildman–Crippen LogP) is 3.40. The number of rotatable bonds is 7. The summed E-state index contributed by atoms with van der Waals surface area (Å²) in [5, 5.41) is 4.56. The molecule has 9 heteroatoms. The molecule has 1 aliphatic carbocycles. The van der Waals surface area contributed by atoms with E-state index in [1.54, 1.807) is 7.11 Å². The summed E-state index contributed by atoms with van der Waals surface area (Å²) in [6, 6.07) is 11.5. The van der Waals surface area contributed by atoms with Gasteiger partial charge in [0.25, 0.3) is 0 Å². The number of nitrogens with one attached hydrogen (secondary N) is 1. The van der Waals surface area contributed by atoms with Crippen LogP contribution in [0.3, 0.4) is 0 Å². The van der Waals surface area contributed by atoms with Gasteiger partial charge in [-0.3, -0.25) is 0 Å². The number of nitrogens with zero attached hydrogens (tertiary/aromatic N) is 5. The maximum Gasteiger partial charge on any atom is 0.229 e. The Morgan fingerprint density at radius 1 is 0.946 bits per heavy atom. The van der Waals surface area contributed by atoms with Crippen LogP contribution in [-0.2, 0) is 16.0 Å². The lowest BCUT2D eigenvalue weighted by Crippen LogP contribution is -2.46. The number of hydrogen-bond acceptors (Lipinski definition) is 9. The molecule has 3 fully saturated rings. The highest BCUT2D eigenvalue weighted by molar-refractivity contribution is 5.90. The topological polar surface area (TPSA) is 84.9 Å². The third-order valence-corrected chi connectivity index (χ3v) is 7.53. The number of aromatic nitrogens is 3. The van der Waals surface area contributed by atoms with Gasteiger partial charge in [-0.15, -0.1) is 0 Å². The minimum absolute atomic E-state index is 0.201. The summed E-state index contributed by atoms with van der Waals surface area (Å²) in [7, 11) is 1.73. The monoisotopic (exact) mass is 504 g/mol. The first kappa shape index (κ1) is 24.3. The molecule has 2 aromatic heterocycles. The molecule has 0 spiro atoms. The molecule has 2 atom stereocenters. The van der Waals surface area contributed by atoms with E-state index in [0.717, 1.165) is 53.4 Å². The van der Waals surface area contributed by atoms with E-state index in [4.69, 9.17) is 29.2 Å². The lowest BCUT2D eigenvalue weighted by atomic mass is 10.1. The summed E-state index contributed by atoms with van der Waals surface area (Å²) < 4.78 is 17.0. The van der Waals surface area contributed by atoms with Gasteiger partial charge in [0, 0.05) is 36.8 Å². The Labute approximate surface area is 218 Å². The summed E-state index contributed by atoms with van der Waals surface area (Å²) >= 11 is 0. The van der Waals surface area contributed by atoms with Gasteiger partial charge in [0.05, 0.1) is 56.7 Å². The van der Waals surface area contributed by atoms with Gasteiger partial charge in [0.2, 0.25) is 5.95 Å². The van der Waals surface area contributed by atoms with Crippen molar-refractivity contribution >= 4 is 22.8 Å². The minimum atomic E-state index is 0.201. The number of ether oxygens (including phenoxy) is 3. The maximum atomic E-state index is 5.71. The second-order valence-corrected chi connectivity index (χ2v) is 10.3. The Bertz CT molecular complexity index is 1270. The maximum absolute atomic E-state index is 5.71. The fourth-order valence-electron chi connectivity index (χ4n) is 5.17. The van der Waals surface area contributed by atoms with Crippen LogP contribution >= 0.6 is 0 Å². The highest BCUT2D eigenvalue weighted by atomic mass is 16.5. The van der Waals surface area contributed by atoms with Gasteiger partial charge in [0.1, 0.15) is 11.6 Å². The zero-order chi connectivity index (χ0) is 25.4. The van der Waals surface area contributed by atoms with Crippen LogP contribution in [0.1, 0.15) is 32.3 Å². The number of pyridine rings is 1. The number of hydrogen-bond donors (Lipinski definition) is 1. The van der Waals surface area contributed by atoms with Gasteiger partial charge in [-0.1, -0.05) is 0 Å². The molecule has 3 aliphatic rings. The molecule has 37 heavy (non-hydrogen) atoms. The van der Waals surface area contributed by atoms with Gasteiger partial charge in [-0.05, 0) is 57.0 Å². The first-order valence-corrected chi connectivity index (χ1v) is 13.4. The molecule has 0 amide bonds. The van der Waals surface area contributed by atoms with Gasteiger partial charge in [-0.2, -0.15) is 9.97 Å². The molecule has 2 aliphatic heterocycles. The van der Waals surface area contributed by atoms with E-state index in [0.29, 0.717) is 44.1 Å². The Balaban J connectivity index is 1.42. The number of methoxy groups -OCH3 is 1. The fourth-order valence-corrected chi connectivity index (χ4v) is 5.17. The van der Waals surface area contributed by atoms with E-state index in [9.17, 15) is 0 Å². The number of benzene rings is 1. The average molecular weight is 505 g/mol. The van der Waals surface area contributed by atoms with Crippen LogP contribution in [0.25, 0.3) is 22.3 Å². The van der Waals surface area contributed by atoms with Gasteiger partial charge < -0.3 is 29.3 Å². The zero-order valence-electron chi connectivity index (χ0n) is 21.9. The van der Waals surface area contributed by atoms with Crippen molar-refractivity contribution in [2.24, 2.45) is 0 Å². The van der Waals surface area contributed by atoms with Crippen molar-refractivity contribution < 1.29 is 14.2 Å². The Morgan fingerprint density at radius 2 is 1.70 bits per heavy atom. The molecule has 0 bridgehead atoms. The number of fused-ring (bicyclic) bond motifs is 1. The van der Waals surface area contributed by atoms with Crippen LogP contribution < -0.4 is 19.9 Å². The second kappa shape index (κ2) is 10.4. The molecule has 2 saturated heterocycles. The molecule has 196 valence electrons. The van der Waals surface area contributed by atoms with Crippen LogP contribution in [0.2, 0.25) is 0 Å². The molecule has 0 unspecified atom stereocenters. The smallest absolute Gasteiger partial charge is 0.229 e. The predicted molar refractivity (Wildman–Crippen MR) is 144 cm³/mol. The van der Waals surface area contributed by atoms with Gasteiger partial charge in [0.15, 0.2) is 5.65 Å². The largest absolute Gasteiger partial charge is 0.496 e. The molecule has 4 heterocycles. The van der Waals surface area contributed by atoms with Crippen LogP contribution in [-0.4, -0.2) is 79.7 Å². The van der Waals surface area contributed by atoms with Crippen LogP contribution in [0, 0.1) is 0 Å². The third-order valence-electron chi connectivity index (χ3n) is 7.53. The fraction of sp³-hybridized carbons (Fsp3) is 0.536. The van der Waals surface area contributed by atoms with Crippen molar-refractivity contribution in [2.75, 3.05) is 56.4 Å². The van der Waals surface area contributed by atoms with Crippen molar-refractivity contribution in [3.63, 3.8) is 0 Å². The van der Waals surface area contributed by atoms with Crippen molar-refractivity contribution in [3.05, 3.63) is 35.9 Å². The van der Waals surface area contributed by atoms with Crippen molar-refractivity contribution in [1.29, 1.82) is 0 Å². The molecule has 0 radical (unpaired) electrons. The molecule has 1 saturated carbocycles. The van der Waals surface area contributed by atoms with E-state index in [1.807, 2.05) is 6.07 Å². The van der Waals surface area contributed by atoms with Crippen LogP contribution in [0.5, 0.6) is 5.75 Å². The summed E-state index contributed by atoms with van der Waals surface area (Å²) in [6.07, 6.45) is 2.50. The lowest BCUT2D eigenvalue weighted by molar-refractivity contribution is 0.0973. The molecular formula is C28H36N6O3. The van der Waals surface area contributed by atoms with E-state index < -0.39 is 0 Å². The van der Waals surface area contributed by atoms with E-state index in [1.165, 1.54) is 12.8 Å². The Hall–Kier alpha value is -3.01. The molecular weight excluding hydrogens is 468 g/mol. The summed E-state index contributed by atoms with van der Waals surface area (Å²) in [5.74, 6) is 2.54. The molecule has 1 N–H and O–H groups in total. The first-order valence-electron chi connectivity index (χ1n) is 13.4. The Kier molecular flexibility index (Phi) is 6.84. The molecule has 6 rings (SSSR count). The third kappa shape index (κ3) is 5.08. The normalized spacial score (nSPS) is 22.5. The Morgan fingerprint density at radius 3 is 2.41 bits per heavy atom. The molecule has 1 aromatic carbocycles. The quantitative estimate of drug-likeness (QED) is 0.520. The van der Waals surface area contributed by atoms with Crippen LogP contribution in [0.4, 0.5) is 11.8 Å². The van der Waals surface area contributed by atoms with Crippen molar-refractivity contribution in [2.45, 2.75) is 51.4 Å². The van der Waals surface area contributed by atoms with Gasteiger partial charge >= 0.3 is 0 Å². The van der Waals surface area contributed by atoms with Crippen molar-refractivity contribution in [1.82, 2.24) is 20.3 Å². The van der Waals surface area contributed by atoms with E-state index in [-0.39, 0.29) is 12.1 Å². The van der Waals surface area contributed by atoms with E-state index in [2.05, 4.69) is 53.2 Å². The highest BCUT2D eigenvalue weighted by Crippen LogP contribution is 2.32. The number of morpholine rings is 2. The summed E-state index contributed by atoms with van der Waals surface area (Å²) in [4.78, 5) is 19.7. The summed E-state index contributed by atoms with van der Waals surface area (Å²) in [5.41, 5.74) is 3.80. The second-order valence-electron chi connectivity index (χ2n) is 10.3. The van der Waals surface area contributed by atoms with Gasteiger partial charge in [-0.25, -0.2) is 4.98 Å². The van der Waals surface area contributed by atoms with E-state index >= 15 is 0 Å². The standard InChI is InChI=1S/C28H36N6O3/c1-18-16-36-12-10-33(18)27-23-7-8-24(20-4-9-25(35-3)21(14-20)15-29-22-5-6-22)30-26(23)31-28(32-27)34-11-13-37-17-19(34)2/h4,7-9,14,18-19,22,29H,5-6,10-13,15-17H2,1-3H3/t18-,19-/m0/s1. The average Bonchev–Trinajstić information content (AvgIpc) is 3.76. The SMILES string of the molecule is COc1ccc(-c2ccc3c(N4CCOC[C@@H]4C)nc(N4CCOC[C@@H]4C)nc3n2)cc1CNC1CC1. The highest BCUT2D eigenvalue weighted by Gasteiger charge is 2.27. The lowest BCUT2D eigenvalue weighted by Gasteiger charge is -2.37. The zero-order valence-corrected chi connectivity index (χ0v) is 21.9. The minimum Gasteiger partial charge on any atom is -0.496 e. The van der Waals surface area contributed by atoms with Crippen molar-refractivity contribution in [3.8, 4) is 17.0 Å². The number of anilines is 2. The summed E-state index contributed by atoms with van der Waals surface area (Å²) in [6.45, 7) is 9.40. The first-order chi connectivity index (χ1) is 18.1. The molecule has 9 nitrogen and oxygen atoms in total. The molecule has 3 aromatic rings.